The molecule has 1 unspecified atom stereocenters. The van der Waals surface area contributed by atoms with E-state index in [1.807, 2.05) is 30.3 Å². The standard InChI is InChI=1S/C19H19F2NO2S/c20-15-6-7-17(21)16(12-15)18-8-9-22(10-11-25-18)19(23)24-13-14-4-2-1-3-5-14/h1-7,12,18H,8-11,13H2. The Hall–Kier alpha value is -2.08. The smallest absolute Gasteiger partial charge is 0.410 e. The van der Waals surface area contributed by atoms with Gasteiger partial charge in [-0.1, -0.05) is 30.3 Å². The normalized spacial score (nSPS) is 17.8. The van der Waals surface area contributed by atoms with Crippen molar-refractivity contribution in [1.82, 2.24) is 4.90 Å². The highest BCUT2D eigenvalue weighted by atomic mass is 32.2. The Morgan fingerprint density at radius 1 is 1.16 bits per heavy atom. The lowest BCUT2D eigenvalue weighted by atomic mass is 10.1. The van der Waals surface area contributed by atoms with Gasteiger partial charge in [0.25, 0.3) is 0 Å². The zero-order chi connectivity index (χ0) is 17.6. The highest BCUT2D eigenvalue weighted by Crippen LogP contribution is 2.36. The number of carbonyl (C=O) groups excluding carboxylic acids is 1. The van der Waals surface area contributed by atoms with E-state index < -0.39 is 11.6 Å². The third kappa shape index (κ3) is 4.72. The number of thioether (sulfide) groups is 1. The van der Waals surface area contributed by atoms with Crippen LogP contribution in [0.15, 0.2) is 48.5 Å². The molecule has 0 radical (unpaired) electrons. The molecule has 2 aromatic rings. The second-order valence-electron chi connectivity index (χ2n) is 5.84. The van der Waals surface area contributed by atoms with E-state index in [2.05, 4.69) is 0 Å². The maximum absolute atomic E-state index is 14.0. The van der Waals surface area contributed by atoms with Crippen molar-refractivity contribution in [3.05, 3.63) is 71.3 Å². The molecule has 2 aromatic carbocycles. The van der Waals surface area contributed by atoms with Crippen molar-refractivity contribution in [2.45, 2.75) is 18.3 Å². The van der Waals surface area contributed by atoms with Gasteiger partial charge in [0.15, 0.2) is 0 Å². The van der Waals surface area contributed by atoms with E-state index >= 15 is 0 Å². The molecule has 25 heavy (non-hydrogen) atoms. The first-order valence-corrected chi connectivity index (χ1v) is 9.20. The molecule has 0 bridgehead atoms. The Balaban J connectivity index is 1.57. The quantitative estimate of drug-likeness (QED) is 0.786. The van der Waals surface area contributed by atoms with E-state index in [0.717, 1.165) is 17.7 Å². The van der Waals surface area contributed by atoms with E-state index in [9.17, 15) is 13.6 Å². The number of carbonyl (C=O) groups is 1. The van der Waals surface area contributed by atoms with Gasteiger partial charge in [-0.05, 0) is 30.2 Å². The molecular weight excluding hydrogens is 344 g/mol. The lowest BCUT2D eigenvalue weighted by Crippen LogP contribution is -2.33. The van der Waals surface area contributed by atoms with Gasteiger partial charge >= 0.3 is 6.09 Å². The molecule has 1 heterocycles. The summed E-state index contributed by atoms with van der Waals surface area (Å²) < 4.78 is 32.7. The molecule has 0 saturated carbocycles. The summed E-state index contributed by atoms with van der Waals surface area (Å²) in [6, 6.07) is 13.0. The second-order valence-corrected chi connectivity index (χ2v) is 7.15. The number of ether oxygens (including phenoxy) is 1. The maximum Gasteiger partial charge on any atom is 0.410 e. The van der Waals surface area contributed by atoms with Crippen molar-refractivity contribution in [2.75, 3.05) is 18.8 Å². The summed E-state index contributed by atoms with van der Waals surface area (Å²) in [6.45, 7) is 1.22. The number of hydrogen-bond donors (Lipinski definition) is 0. The number of benzene rings is 2. The minimum Gasteiger partial charge on any atom is -0.445 e. The SMILES string of the molecule is O=C(OCc1ccccc1)N1CCSC(c2cc(F)ccc2F)CC1. The van der Waals surface area contributed by atoms with Crippen molar-refractivity contribution >= 4 is 17.9 Å². The van der Waals surface area contributed by atoms with Gasteiger partial charge in [0.05, 0.1) is 0 Å². The van der Waals surface area contributed by atoms with Gasteiger partial charge in [-0.2, -0.15) is 11.8 Å². The van der Waals surface area contributed by atoms with Crippen LogP contribution in [-0.4, -0.2) is 29.8 Å². The van der Waals surface area contributed by atoms with Gasteiger partial charge in [-0.25, -0.2) is 13.6 Å². The first-order chi connectivity index (χ1) is 12.1. The molecule has 3 rings (SSSR count). The Labute approximate surface area is 150 Å². The molecule has 3 nitrogen and oxygen atoms in total. The van der Waals surface area contributed by atoms with E-state index in [4.69, 9.17) is 4.74 Å². The van der Waals surface area contributed by atoms with Crippen LogP contribution < -0.4 is 0 Å². The molecule has 1 amide bonds. The number of hydrogen-bond acceptors (Lipinski definition) is 3. The molecule has 132 valence electrons. The van der Waals surface area contributed by atoms with Crippen molar-refractivity contribution in [1.29, 1.82) is 0 Å². The Bertz CT molecular complexity index is 727. The predicted molar refractivity (Wildman–Crippen MR) is 94.4 cm³/mol. The number of nitrogens with zero attached hydrogens (tertiary/aromatic N) is 1. The zero-order valence-electron chi connectivity index (χ0n) is 13.7. The number of rotatable bonds is 3. The first kappa shape index (κ1) is 17.7. The lowest BCUT2D eigenvalue weighted by Gasteiger charge is -2.20. The predicted octanol–water partition coefficient (Wildman–Crippen LogP) is 4.78. The van der Waals surface area contributed by atoms with Gasteiger partial charge in [0.2, 0.25) is 0 Å². The van der Waals surface area contributed by atoms with Crippen LogP contribution >= 0.6 is 11.8 Å². The summed E-state index contributed by atoms with van der Waals surface area (Å²) in [5.41, 5.74) is 1.30. The Morgan fingerprint density at radius 3 is 2.76 bits per heavy atom. The van der Waals surface area contributed by atoms with Crippen molar-refractivity contribution in [3.63, 3.8) is 0 Å². The number of amides is 1. The summed E-state index contributed by atoms with van der Waals surface area (Å²) in [4.78, 5) is 13.9. The minimum atomic E-state index is -0.444. The lowest BCUT2D eigenvalue weighted by molar-refractivity contribution is 0.0985. The van der Waals surface area contributed by atoms with Crippen LogP contribution in [0.4, 0.5) is 13.6 Å². The van der Waals surface area contributed by atoms with Gasteiger partial charge < -0.3 is 9.64 Å². The Kier molecular flexibility index (Phi) is 5.91. The molecule has 1 aliphatic rings. The molecule has 1 atom stereocenters. The van der Waals surface area contributed by atoms with Crippen LogP contribution in [0.3, 0.4) is 0 Å². The third-order valence-corrected chi connectivity index (χ3v) is 5.42. The van der Waals surface area contributed by atoms with E-state index in [-0.39, 0.29) is 18.0 Å². The van der Waals surface area contributed by atoms with Crippen LogP contribution in [0.25, 0.3) is 0 Å². The second kappa shape index (κ2) is 8.34. The van der Waals surface area contributed by atoms with Crippen molar-refractivity contribution < 1.29 is 18.3 Å². The molecule has 0 spiro atoms. The Morgan fingerprint density at radius 2 is 1.96 bits per heavy atom. The summed E-state index contributed by atoms with van der Waals surface area (Å²) >= 11 is 1.54. The zero-order valence-corrected chi connectivity index (χ0v) is 14.5. The van der Waals surface area contributed by atoms with Crippen molar-refractivity contribution in [2.24, 2.45) is 0 Å². The van der Waals surface area contributed by atoms with E-state index in [1.165, 1.54) is 17.8 Å². The molecule has 0 aliphatic carbocycles. The fourth-order valence-corrected chi connectivity index (χ4v) is 4.02. The van der Waals surface area contributed by atoms with E-state index in [1.54, 1.807) is 4.90 Å². The minimum absolute atomic E-state index is 0.164. The van der Waals surface area contributed by atoms with Crippen LogP contribution in [-0.2, 0) is 11.3 Å². The highest BCUT2D eigenvalue weighted by Gasteiger charge is 2.25. The van der Waals surface area contributed by atoms with Gasteiger partial charge in [-0.3, -0.25) is 0 Å². The van der Waals surface area contributed by atoms with E-state index in [0.29, 0.717) is 30.8 Å². The summed E-state index contributed by atoms with van der Waals surface area (Å²) in [5.74, 6) is -0.194. The molecule has 0 aromatic heterocycles. The van der Waals surface area contributed by atoms with Crippen LogP contribution in [0, 0.1) is 11.6 Å². The fourth-order valence-electron chi connectivity index (χ4n) is 2.77. The molecule has 6 heteroatoms. The monoisotopic (exact) mass is 363 g/mol. The van der Waals surface area contributed by atoms with Gasteiger partial charge in [0, 0.05) is 29.7 Å². The fraction of sp³-hybridized carbons (Fsp3) is 0.316. The van der Waals surface area contributed by atoms with Gasteiger partial charge in [0.1, 0.15) is 18.2 Å². The molecular formula is C19H19F2NO2S. The maximum atomic E-state index is 14.0. The largest absolute Gasteiger partial charge is 0.445 e. The average Bonchev–Trinajstić information content (AvgIpc) is 2.89. The molecule has 1 fully saturated rings. The van der Waals surface area contributed by atoms with Gasteiger partial charge in [-0.15, -0.1) is 0 Å². The first-order valence-electron chi connectivity index (χ1n) is 8.15. The topological polar surface area (TPSA) is 29.5 Å². The summed E-state index contributed by atoms with van der Waals surface area (Å²) in [5, 5.41) is -0.164. The highest BCUT2D eigenvalue weighted by molar-refractivity contribution is 7.99. The van der Waals surface area contributed by atoms with Crippen molar-refractivity contribution in [3.8, 4) is 0 Å². The number of halogens is 2. The summed E-state index contributed by atoms with van der Waals surface area (Å²) in [6.07, 6.45) is 0.190. The summed E-state index contributed by atoms with van der Waals surface area (Å²) in [7, 11) is 0. The molecule has 1 saturated heterocycles. The average molecular weight is 363 g/mol. The molecule has 0 N–H and O–H groups in total. The van der Waals surface area contributed by atoms with Crippen LogP contribution in [0.5, 0.6) is 0 Å². The van der Waals surface area contributed by atoms with Crippen LogP contribution in [0.2, 0.25) is 0 Å². The molecule has 1 aliphatic heterocycles. The van der Waals surface area contributed by atoms with Crippen LogP contribution in [0.1, 0.15) is 22.8 Å². The third-order valence-electron chi connectivity index (χ3n) is 4.11.